The Balaban J connectivity index is 0.00000274. The summed E-state index contributed by atoms with van der Waals surface area (Å²) in [6.45, 7) is 2.07. The van der Waals surface area contributed by atoms with Crippen molar-refractivity contribution in [2.45, 2.75) is 95.2 Å². The maximum Gasteiger partial charge on any atom is 0.255 e. The van der Waals surface area contributed by atoms with E-state index >= 15 is 0 Å². The molecule has 34 heavy (non-hydrogen) atoms. The average Bonchev–Trinajstić information content (AvgIpc) is 3.28. The van der Waals surface area contributed by atoms with E-state index in [9.17, 15) is 4.79 Å². The lowest BCUT2D eigenvalue weighted by molar-refractivity contribution is 0.0346. The number of rotatable bonds is 6. The number of nitrogens with zero attached hydrogens (tertiary/aromatic N) is 1. The van der Waals surface area contributed by atoms with Gasteiger partial charge in [0.2, 0.25) is 0 Å². The van der Waals surface area contributed by atoms with Gasteiger partial charge in [-0.3, -0.25) is 9.69 Å². The van der Waals surface area contributed by atoms with Gasteiger partial charge in [-0.05, 0) is 62.8 Å². The van der Waals surface area contributed by atoms with Crippen molar-refractivity contribution in [3.05, 3.63) is 22.7 Å². The van der Waals surface area contributed by atoms with Crippen molar-refractivity contribution in [3.8, 4) is 5.75 Å². The fraction of sp³-hybridized carbons (Fsp3) is 0.741. The van der Waals surface area contributed by atoms with Gasteiger partial charge in [0.15, 0.2) is 0 Å². The van der Waals surface area contributed by atoms with Crippen LogP contribution in [0.15, 0.2) is 12.1 Å². The standard InChI is InChI=1S/C27H40ClN3O2.ClH/c1-33-25-16-24(29-20-11-3-2-4-12-20)23(28)15-22(25)27(32)30-21-13-14-31(17-21)26-18-7-5-8-19(26)10-6-9-18;/h15-16,18-21,26,29H,2-14,17H2,1H3,(H,30,32);1H. The highest BCUT2D eigenvalue weighted by Gasteiger charge is 2.42. The molecule has 2 bridgehead atoms. The van der Waals surface area contributed by atoms with Crippen LogP contribution in [0.2, 0.25) is 5.02 Å². The molecule has 3 saturated carbocycles. The lowest BCUT2D eigenvalue weighted by Gasteiger charge is -2.47. The molecule has 4 aliphatic rings. The summed E-state index contributed by atoms with van der Waals surface area (Å²) in [5.74, 6) is 2.26. The second-order valence-corrected chi connectivity index (χ2v) is 11.2. The van der Waals surface area contributed by atoms with E-state index in [0.29, 0.717) is 22.4 Å². The zero-order valence-corrected chi connectivity index (χ0v) is 22.1. The Morgan fingerprint density at radius 2 is 1.62 bits per heavy atom. The molecule has 0 spiro atoms. The van der Waals surface area contributed by atoms with Crippen molar-refractivity contribution in [2.24, 2.45) is 11.8 Å². The molecule has 5 rings (SSSR count). The van der Waals surface area contributed by atoms with Gasteiger partial charge >= 0.3 is 0 Å². The Morgan fingerprint density at radius 1 is 0.941 bits per heavy atom. The fourth-order valence-corrected chi connectivity index (χ4v) is 7.37. The van der Waals surface area contributed by atoms with Gasteiger partial charge in [-0.15, -0.1) is 12.4 Å². The number of anilines is 1. The van der Waals surface area contributed by atoms with Gasteiger partial charge in [0, 0.05) is 37.3 Å². The number of hydrogen-bond acceptors (Lipinski definition) is 4. The van der Waals surface area contributed by atoms with Gasteiger partial charge < -0.3 is 15.4 Å². The monoisotopic (exact) mass is 509 g/mol. The summed E-state index contributed by atoms with van der Waals surface area (Å²) in [5.41, 5.74) is 1.40. The van der Waals surface area contributed by atoms with Crippen LogP contribution < -0.4 is 15.4 Å². The molecule has 2 N–H and O–H groups in total. The van der Waals surface area contributed by atoms with E-state index in [-0.39, 0.29) is 24.4 Å². The van der Waals surface area contributed by atoms with Crippen molar-refractivity contribution in [1.82, 2.24) is 10.2 Å². The molecular formula is C27H41Cl2N3O2. The topological polar surface area (TPSA) is 53.6 Å². The van der Waals surface area contributed by atoms with Crippen LogP contribution in [0.5, 0.6) is 5.75 Å². The largest absolute Gasteiger partial charge is 0.496 e. The number of amides is 1. The highest BCUT2D eigenvalue weighted by molar-refractivity contribution is 6.33. The molecule has 1 atom stereocenters. The number of methoxy groups -OCH3 is 1. The van der Waals surface area contributed by atoms with Crippen LogP contribution >= 0.6 is 24.0 Å². The Hall–Kier alpha value is -1.17. The summed E-state index contributed by atoms with van der Waals surface area (Å²) in [6, 6.07) is 5.06. The fourth-order valence-electron chi connectivity index (χ4n) is 7.15. The van der Waals surface area contributed by atoms with Gasteiger partial charge in [-0.25, -0.2) is 0 Å². The first-order chi connectivity index (χ1) is 16.1. The molecule has 1 amide bonds. The zero-order chi connectivity index (χ0) is 22.8. The molecule has 0 aromatic heterocycles. The van der Waals surface area contributed by atoms with Crippen molar-refractivity contribution in [3.63, 3.8) is 0 Å². The van der Waals surface area contributed by atoms with Gasteiger partial charge in [0.1, 0.15) is 5.75 Å². The normalized spacial score (nSPS) is 29.8. The van der Waals surface area contributed by atoms with Crippen LogP contribution in [0.1, 0.15) is 87.4 Å². The van der Waals surface area contributed by atoms with E-state index in [1.807, 2.05) is 6.07 Å². The van der Waals surface area contributed by atoms with Crippen LogP contribution in [0.4, 0.5) is 5.69 Å². The van der Waals surface area contributed by atoms with E-state index in [4.69, 9.17) is 16.3 Å². The molecule has 5 nitrogen and oxygen atoms in total. The van der Waals surface area contributed by atoms with Crippen LogP contribution in [0.3, 0.4) is 0 Å². The lowest BCUT2D eigenvalue weighted by Crippen LogP contribution is -2.50. The maximum atomic E-state index is 13.2. The minimum atomic E-state index is -0.0753. The molecule has 3 aliphatic carbocycles. The molecular weight excluding hydrogens is 469 g/mol. The first-order valence-electron chi connectivity index (χ1n) is 13.3. The summed E-state index contributed by atoms with van der Waals surface area (Å²) in [5, 5.41) is 7.46. The Labute approximate surface area is 216 Å². The minimum Gasteiger partial charge on any atom is -0.496 e. The van der Waals surface area contributed by atoms with Gasteiger partial charge in [0.25, 0.3) is 5.91 Å². The summed E-state index contributed by atoms with van der Waals surface area (Å²) >= 11 is 6.61. The number of carbonyl (C=O) groups is 1. The van der Waals surface area contributed by atoms with E-state index in [2.05, 4.69) is 15.5 Å². The number of carbonyl (C=O) groups excluding carboxylic acids is 1. The third-order valence-electron chi connectivity index (χ3n) is 8.74. The molecule has 1 aromatic carbocycles. The molecule has 7 heteroatoms. The number of ether oxygens (including phenoxy) is 1. The van der Waals surface area contributed by atoms with Crippen LogP contribution in [-0.4, -0.2) is 49.1 Å². The van der Waals surface area contributed by atoms with Crippen LogP contribution in [0, 0.1) is 11.8 Å². The third-order valence-corrected chi connectivity index (χ3v) is 9.05. The Kier molecular flexibility index (Phi) is 8.92. The third kappa shape index (κ3) is 5.63. The van der Waals surface area contributed by atoms with Crippen molar-refractivity contribution >= 4 is 35.6 Å². The molecule has 0 radical (unpaired) electrons. The summed E-state index contributed by atoms with van der Waals surface area (Å²) in [4.78, 5) is 15.9. The van der Waals surface area contributed by atoms with Crippen molar-refractivity contribution in [1.29, 1.82) is 0 Å². The van der Waals surface area contributed by atoms with E-state index in [0.717, 1.165) is 43.1 Å². The predicted molar refractivity (Wildman–Crippen MR) is 142 cm³/mol. The molecule has 1 aliphatic heterocycles. The van der Waals surface area contributed by atoms with E-state index < -0.39 is 0 Å². The van der Waals surface area contributed by atoms with Gasteiger partial charge in [-0.1, -0.05) is 43.7 Å². The van der Waals surface area contributed by atoms with E-state index in [1.54, 1.807) is 13.2 Å². The molecule has 4 fully saturated rings. The second-order valence-electron chi connectivity index (χ2n) is 10.8. The maximum absolute atomic E-state index is 13.2. The minimum absolute atomic E-state index is 0. The number of benzene rings is 1. The molecule has 1 aromatic rings. The predicted octanol–water partition coefficient (Wildman–Crippen LogP) is 6.29. The average molecular weight is 511 g/mol. The van der Waals surface area contributed by atoms with Gasteiger partial charge in [0.05, 0.1) is 23.4 Å². The molecule has 190 valence electrons. The molecule has 1 heterocycles. The molecule has 1 unspecified atom stereocenters. The number of halogens is 2. The van der Waals surface area contributed by atoms with Crippen LogP contribution in [-0.2, 0) is 0 Å². The Morgan fingerprint density at radius 3 is 2.26 bits per heavy atom. The lowest BCUT2D eigenvalue weighted by atomic mass is 9.68. The SMILES string of the molecule is COc1cc(NC2CCCCC2)c(Cl)cc1C(=O)NC1CCN(C2C3CCCC2CCC3)C1.Cl. The smallest absolute Gasteiger partial charge is 0.255 e. The first-order valence-corrected chi connectivity index (χ1v) is 13.7. The highest BCUT2D eigenvalue weighted by Crippen LogP contribution is 2.43. The zero-order valence-electron chi connectivity index (χ0n) is 20.5. The van der Waals surface area contributed by atoms with Crippen molar-refractivity contribution in [2.75, 3.05) is 25.5 Å². The summed E-state index contributed by atoms with van der Waals surface area (Å²) in [7, 11) is 1.63. The number of fused-ring (bicyclic) bond motifs is 2. The number of nitrogens with one attached hydrogen (secondary N) is 2. The second kappa shape index (κ2) is 11.7. The highest BCUT2D eigenvalue weighted by atomic mass is 35.5. The van der Waals surface area contributed by atoms with Gasteiger partial charge in [-0.2, -0.15) is 0 Å². The van der Waals surface area contributed by atoms with Crippen molar-refractivity contribution < 1.29 is 9.53 Å². The van der Waals surface area contributed by atoms with Crippen LogP contribution in [0.25, 0.3) is 0 Å². The summed E-state index contributed by atoms with van der Waals surface area (Å²) < 4.78 is 5.61. The first kappa shape index (κ1) is 25.9. The number of likely N-dealkylation sites (tertiary alicyclic amines) is 1. The number of hydrogen-bond donors (Lipinski definition) is 2. The molecule has 1 saturated heterocycles. The van der Waals surface area contributed by atoms with E-state index in [1.165, 1.54) is 70.6 Å². The quantitative estimate of drug-likeness (QED) is 0.473. The summed E-state index contributed by atoms with van der Waals surface area (Å²) in [6.07, 6.45) is 15.6. The Bertz CT molecular complexity index is 823.